The Morgan fingerprint density at radius 3 is 2.09 bits per heavy atom. The Balaban J connectivity index is 2.06. The quantitative estimate of drug-likeness (QED) is 0.381. The van der Waals surface area contributed by atoms with Gasteiger partial charge in [-0.05, 0) is 42.0 Å². The average Bonchev–Trinajstić information content (AvgIpc) is 2.76. The van der Waals surface area contributed by atoms with E-state index in [1.807, 2.05) is 0 Å². The number of benzene rings is 2. The lowest BCUT2D eigenvalue weighted by Crippen LogP contribution is -2.48. The highest BCUT2D eigenvalue weighted by Gasteiger charge is 2.31. The van der Waals surface area contributed by atoms with Gasteiger partial charge in [-0.25, -0.2) is 0 Å². The van der Waals surface area contributed by atoms with Crippen molar-refractivity contribution in [1.29, 1.82) is 0 Å². The molecule has 2 N–H and O–H groups in total. The van der Waals surface area contributed by atoms with Crippen LogP contribution in [0.2, 0.25) is 0 Å². The molecule has 6 nitrogen and oxygen atoms in total. The Kier molecular flexibility index (Phi) is 9.39. The lowest BCUT2D eigenvalue weighted by Gasteiger charge is -2.18. The van der Waals surface area contributed by atoms with E-state index in [4.69, 9.17) is 11.2 Å². The summed E-state index contributed by atoms with van der Waals surface area (Å²) in [5, 5.41) is 4.93. The number of amides is 2. The maximum Gasteiger partial charge on any atom is 0.573 e. The van der Waals surface area contributed by atoms with Gasteiger partial charge in [0.1, 0.15) is 17.5 Å². The molecule has 1 atom stereocenters. The second-order valence-electron chi connectivity index (χ2n) is 7.08. The smallest absolute Gasteiger partial charge is 0.493 e. The largest absolute Gasteiger partial charge is 0.573 e. The summed E-state index contributed by atoms with van der Waals surface area (Å²) >= 11 is 0. The highest BCUT2D eigenvalue weighted by molar-refractivity contribution is 5.97. The minimum Gasteiger partial charge on any atom is -0.493 e. The lowest BCUT2D eigenvalue weighted by atomic mass is 10.0. The van der Waals surface area contributed by atoms with E-state index in [-0.39, 0.29) is 24.3 Å². The zero-order chi connectivity index (χ0) is 26.1. The molecule has 0 radical (unpaired) electrons. The van der Waals surface area contributed by atoms with E-state index in [9.17, 15) is 35.9 Å². The number of carbonyl (C=O) groups excluding carboxylic acids is 2. The summed E-state index contributed by atoms with van der Waals surface area (Å²) in [4.78, 5) is 25.1. The van der Waals surface area contributed by atoms with Crippen molar-refractivity contribution in [2.45, 2.75) is 31.4 Å². The SMILES string of the molecule is C#CCNC(=O)C(Cc1ccc(OC(F)(F)F)cc1)NC(=O)c1ccc(OCCC(F)(F)F)cc1. The van der Waals surface area contributed by atoms with Gasteiger partial charge in [0.25, 0.3) is 5.91 Å². The van der Waals surface area contributed by atoms with E-state index in [2.05, 4.69) is 21.3 Å². The van der Waals surface area contributed by atoms with Gasteiger partial charge in [0.15, 0.2) is 0 Å². The van der Waals surface area contributed by atoms with Crippen molar-refractivity contribution in [1.82, 2.24) is 10.6 Å². The van der Waals surface area contributed by atoms with Gasteiger partial charge in [-0.1, -0.05) is 18.1 Å². The fraction of sp³-hybridized carbons (Fsp3) is 0.304. The molecule has 12 heteroatoms. The van der Waals surface area contributed by atoms with E-state index in [1.165, 1.54) is 36.4 Å². The molecule has 0 spiro atoms. The number of hydrogen-bond donors (Lipinski definition) is 2. The summed E-state index contributed by atoms with van der Waals surface area (Å²) in [6, 6.07) is 8.83. The first-order valence-corrected chi connectivity index (χ1v) is 10.0. The van der Waals surface area contributed by atoms with Crippen LogP contribution in [0.1, 0.15) is 22.3 Å². The van der Waals surface area contributed by atoms with Crippen LogP contribution in [0.5, 0.6) is 11.5 Å². The summed E-state index contributed by atoms with van der Waals surface area (Å²) in [7, 11) is 0. The number of carbonyl (C=O) groups is 2. The molecule has 188 valence electrons. The molecule has 2 aromatic carbocycles. The molecule has 35 heavy (non-hydrogen) atoms. The van der Waals surface area contributed by atoms with Gasteiger partial charge >= 0.3 is 12.5 Å². The molecule has 0 fully saturated rings. The van der Waals surface area contributed by atoms with E-state index >= 15 is 0 Å². The second kappa shape index (κ2) is 12.0. The van der Waals surface area contributed by atoms with Gasteiger partial charge in [0.05, 0.1) is 19.6 Å². The number of rotatable bonds is 10. The number of nitrogens with one attached hydrogen (secondary N) is 2. The van der Waals surface area contributed by atoms with Crippen molar-refractivity contribution in [2.24, 2.45) is 0 Å². The van der Waals surface area contributed by atoms with Crippen LogP contribution in [-0.2, 0) is 11.2 Å². The minimum atomic E-state index is -4.86. The number of terminal acetylenes is 1. The first kappa shape index (κ1) is 27.4. The van der Waals surface area contributed by atoms with Crippen LogP contribution in [-0.4, -0.2) is 43.5 Å². The first-order chi connectivity index (χ1) is 16.4. The lowest BCUT2D eigenvalue weighted by molar-refractivity contribution is -0.274. The van der Waals surface area contributed by atoms with Crippen LogP contribution in [0.15, 0.2) is 48.5 Å². The van der Waals surface area contributed by atoms with Crippen LogP contribution < -0.4 is 20.1 Å². The van der Waals surface area contributed by atoms with Gasteiger partial charge in [-0.3, -0.25) is 9.59 Å². The van der Waals surface area contributed by atoms with E-state index in [1.54, 1.807) is 0 Å². The van der Waals surface area contributed by atoms with Crippen molar-refractivity contribution >= 4 is 11.8 Å². The topological polar surface area (TPSA) is 76.7 Å². The predicted octanol–water partition coefficient (Wildman–Crippen LogP) is 4.01. The van der Waals surface area contributed by atoms with Gasteiger partial charge in [0.2, 0.25) is 5.91 Å². The van der Waals surface area contributed by atoms with Crippen molar-refractivity contribution in [3.63, 3.8) is 0 Å². The van der Waals surface area contributed by atoms with Gasteiger partial charge in [-0.15, -0.1) is 19.6 Å². The van der Waals surface area contributed by atoms with Gasteiger partial charge in [-0.2, -0.15) is 13.2 Å². The molecular formula is C23H20F6N2O4. The monoisotopic (exact) mass is 502 g/mol. The summed E-state index contributed by atoms with van der Waals surface area (Å²) < 4.78 is 82.4. The Hall–Kier alpha value is -3.88. The van der Waals surface area contributed by atoms with Crippen molar-refractivity contribution in [3.05, 3.63) is 59.7 Å². The average molecular weight is 502 g/mol. The van der Waals surface area contributed by atoms with Crippen LogP contribution in [0, 0.1) is 12.3 Å². The number of halogens is 6. The molecule has 0 saturated carbocycles. The van der Waals surface area contributed by atoms with E-state index in [0.29, 0.717) is 5.56 Å². The fourth-order valence-electron chi connectivity index (χ4n) is 2.76. The molecule has 2 aromatic rings. The zero-order valence-electron chi connectivity index (χ0n) is 18.0. The van der Waals surface area contributed by atoms with Crippen LogP contribution >= 0.6 is 0 Å². The van der Waals surface area contributed by atoms with Crippen LogP contribution in [0.4, 0.5) is 26.3 Å². The second-order valence-corrected chi connectivity index (χ2v) is 7.08. The Bertz CT molecular complexity index is 1030. The minimum absolute atomic E-state index is 0.0763. The maximum atomic E-state index is 12.6. The molecule has 0 aliphatic heterocycles. The van der Waals surface area contributed by atoms with Crippen LogP contribution in [0.25, 0.3) is 0 Å². The standard InChI is InChI=1S/C23H20F6N2O4/c1-2-12-30-21(33)19(14-15-3-7-18(8-4-15)35-23(27,28)29)31-20(32)16-5-9-17(10-6-16)34-13-11-22(24,25)26/h1,3-10,19H,11-14H2,(H,30,33)(H,31,32). The van der Waals surface area contributed by atoms with Crippen molar-refractivity contribution < 1.29 is 45.4 Å². The highest BCUT2D eigenvalue weighted by Crippen LogP contribution is 2.23. The Morgan fingerprint density at radius 2 is 1.54 bits per heavy atom. The molecule has 0 aromatic heterocycles. The van der Waals surface area contributed by atoms with E-state index in [0.717, 1.165) is 12.1 Å². The Morgan fingerprint density at radius 1 is 0.943 bits per heavy atom. The summed E-state index contributed by atoms with van der Waals surface area (Å²) in [5.41, 5.74) is 0.519. The molecular weight excluding hydrogens is 482 g/mol. The maximum absolute atomic E-state index is 12.6. The third kappa shape index (κ3) is 10.3. The van der Waals surface area contributed by atoms with Crippen molar-refractivity contribution in [2.75, 3.05) is 13.2 Å². The summed E-state index contributed by atoms with van der Waals surface area (Å²) in [6.07, 6.45) is -5.29. The fourth-order valence-corrected chi connectivity index (χ4v) is 2.76. The molecule has 0 saturated heterocycles. The molecule has 2 amide bonds. The predicted molar refractivity (Wildman–Crippen MR) is 113 cm³/mol. The molecule has 0 heterocycles. The summed E-state index contributed by atoms with van der Waals surface area (Å²) in [5.74, 6) is 0.582. The number of hydrogen-bond acceptors (Lipinski definition) is 4. The number of ether oxygens (including phenoxy) is 2. The highest BCUT2D eigenvalue weighted by atomic mass is 19.4. The zero-order valence-corrected chi connectivity index (χ0v) is 18.0. The molecule has 0 aliphatic carbocycles. The molecule has 2 rings (SSSR count). The molecule has 0 bridgehead atoms. The number of alkyl halides is 6. The third-order valence-corrected chi connectivity index (χ3v) is 4.35. The molecule has 0 aliphatic rings. The summed E-state index contributed by atoms with van der Waals surface area (Å²) in [6.45, 7) is -0.702. The first-order valence-electron chi connectivity index (χ1n) is 10.0. The molecule has 1 unspecified atom stereocenters. The van der Waals surface area contributed by atoms with E-state index < -0.39 is 49.2 Å². The van der Waals surface area contributed by atoms with Crippen molar-refractivity contribution in [3.8, 4) is 23.8 Å². The third-order valence-electron chi connectivity index (χ3n) is 4.35. The normalized spacial score (nSPS) is 12.3. The van der Waals surface area contributed by atoms with Crippen LogP contribution in [0.3, 0.4) is 0 Å². The van der Waals surface area contributed by atoms with Gasteiger partial charge < -0.3 is 20.1 Å². The Labute approximate surface area is 196 Å². The van der Waals surface area contributed by atoms with Gasteiger partial charge in [0, 0.05) is 12.0 Å².